The fraction of sp³-hybridized carbons (Fsp3) is 0.889. The van der Waals surface area contributed by atoms with E-state index in [2.05, 4.69) is 33.4 Å². The van der Waals surface area contributed by atoms with Crippen molar-refractivity contribution in [1.29, 1.82) is 0 Å². The molecule has 0 N–H and O–H groups in total. The maximum absolute atomic E-state index is 11.4. The maximum atomic E-state index is 11.4. The first-order valence-electron chi connectivity index (χ1n) is 4.33. The van der Waals surface area contributed by atoms with E-state index >= 15 is 0 Å². The van der Waals surface area contributed by atoms with Crippen molar-refractivity contribution >= 4 is 18.5 Å². The number of carbonyl (C=O) groups is 1. The van der Waals surface area contributed by atoms with E-state index in [1.54, 1.807) is 0 Å². The monoisotopic (exact) mass is 189 g/mol. The molecular weight excluding hydrogens is 170 g/mol. The summed E-state index contributed by atoms with van der Waals surface area (Å²) in [5.41, 5.74) is -0.0277. The van der Waals surface area contributed by atoms with E-state index in [4.69, 9.17) is 0 Å². The average molecular weight is 189 g/mol. The van der Waals surface area contributed by atoms with Crippen LogP contribution in [0.5, 0.6) is 0 Å². The van der Waals surface area contributed by atoms with Crippen molar-refractivity contribution in [2.24, 2.45) is 0 Å². The minimum Gasteiger partial charge on any atom is -0.341 e. The molecule has 1 amide bonds. The van der Waals surface area contributed by atoms with E-state index in [1.807, 2.05) is 11.9 Å². The van der Waals surface area contributed by atoms with E-state index in [1.165, 1.54) is 0 Å². The van der Waals surface area contributed by atoms with Crippen LogP contribution >= 0.6 is 12.6 Å². The lowest BCUT2D eigenvalue weighted by atomic mass is 10.00. The highest BCUT2D eigenvalue weighted by Gasteiger charge is 2.24. The van der Waals surface area contributed by atoms with Gasteiger partial charge in [-0.25, -0.2) is 0 Å². The van der Waals surface area contributed by atoms with Gasteiger partial charge in [0.15, 0.2) is 0 Å². The van der Waals surface area contributed by atoms with Crippen LogP contribution in [0.4, 0.5) is 0 Å². The number of hydrogen-bond acceptors (Lipinski definition) is 2. The van der Waals surface area contributed by atoms with Gasteiger partial charge in [0.05, 0.1) is 0 Å². The van der Waals surface area contributed by atoms with Crippen molar-refractivity contribution in [1.82, 2.24) is 4.90 Å². The molecule has 0 fully saturated rings. The quantitative estimate of drug-likeness (QED) is 0.670. The number of carbonyl (C=O) groups excluding carboxylic acids is 1. The summed E-state index contributed by atoms with van der Waals surface area (Å²) < 4.78 is 0. The number of nitrogens with zero attached hydrogens (tertiary/aromatic N) is 1. The summed E-state index contributed by atoms with van der Waals surface area (Å²) in [6, 6.07) is 0. The van der Waals surface area contributed by atoms with Gasteiger partial charge in [-0.1, -0.05) is 6.92 Å². The zero-order chi connectivity index (χ0) is 9.78. The van der Waals surface area contributed by atoms with Gasteiger partial charge in [0, 0.05) is 19.0 Å². The largest absolute Gasteiger partial charge is 0.341 e. The normalized spacial score (nSPS) is 11.4. The minimum absolute atomic E-state index is 0.0277. The number of rotatable bonds is 4. The van der Waals surface area contributed by atoms with Crippen LogP contribution in [0.2, 0.25) is 0 Å². The molecule has 0 aromatic carbocycles. The molecule has 0 saturated carbocycles. The van der Waals surface area contributed by atoms with Gasteiger partial charge in [0.25, 0.3) is 0 Å². The lowest BCUT2D eigenvalue weighted by molar-refractivity contribution is -0.134. The molecule has 0 atom stereocenters. The van der Waals surface area contributed by atoms with E-state index < -0.39 is 0 Å². The van der Waals surface area contributed by atoms with Crippen molar-refractivity contribution in [2.75, 3.05) is 12.8 Å². The van der Waals surface area contributed by atoms with Gasteiger partial charge >= 0.3 is 0 Å². The summed E-state index contributed by atoms with van der Waals surface area (Å²) in [6.45, 7) is 6.23. The summed E-state index contributed by atoms with van der Waals surface area (Å²) in [4.78, 5) is 13.2. The van der Waals surface area contributed by atoms with Crippen molar-refractivity contribution in [2.45, 2.75) is 39.2 Å². The molecule has 72 valence electrons. The summed E-state index contributed by atoms with van der Waals surface area (Å²) in [7, 11) is 1.86. The van der Waals surface area contributed by atoms with Gasteiger partial charge in [0.1, 0.15) is 0 Å². The van der Waals surface area contributed by atoms with E-state index in [0.717, 1.165) is 6.42 Å². The summed E-state index contributed by atoms with van der Waals surface area (Å²) in [6.07, 6.45) is 1.50. The summed E-state index contributed by atoms with van der Waals surface area (Å²) in [5.74, 6) is 0.806. The third-order valence-corrected chi connectivity index (χ3v) is 2.70. The zero-order valence-electron chi connectivity index (χ0n) is 8.42. The van der Waals surface area contributed by atoms with Crippen LogP contribution in [-0.2, 0) is 4.79 Å². The van der Waals surface area contributed by atoms with E-state index in [9.17, 15) is 4.79 Å². The molecule has 0 aromatic heterocycles. The Kier molecular flexibility index (Phi) is 4.68. The Balaban J connectivity index is 4.17. The molecule has 0 aliphatic carbocycles. The smallest absolute Gasteiger partial charge is 0.223 e. The minimum atomic E-state index is -0.0277. The summed E-state index contributed by atoms with van der Waals surface area (Å²) >= 11 is 4.03. The zero-order valence-corrected chi connectivity index (χ0v) is 9.32. The first-order chi connectivity index (χ1) is 5.45. The standard InChI is InChI=1S/C9H19NOS/c1-5-9(2,3)10(4)8(11)6-7-12/h12H,5-7H2,1-4H3. The van der Waals surface area contributed by atoms with Gasteiger partial charge in [-0.2, -0.15) is 12.6 Å². The molecule has 0 aliphatic heterocycles. The molecule has 0 unspecified atom stereocenters. The lowest BCUT2D eigenvalue weighted by Gasteiger charge is -2.34. The molecule has 0 aliphatic rings. The van der Waals surface area contributed by atoms with Crippen LogP contribution in [0.25, 0.3) is 0 Å². The predicted molar refractivity (Wildman–Crippen MR) is 55.6 cm³/mol. The SMILES string of the molecule is CCC(C)(C)N(C)C(=O)CCS. The Bertz CT molecular complexity index is 157. The molecule has 2 nitrogen and oxygen atoms in total. The highest BCUT2D eigenvalue weighted by molar-refractivity contribution is 7.80. The van der Waals surface area contributed by atoms with Crippen LogP contribution in [0.15, 0.2) is 0 Å². The van der Waals surface area contributed by atoms with Crippen molar-refractivity contribution in [3.05, 3.63) is 0 Å². The molecule has 0 bridgehead atoms. The Hall–Kier alpha value is -0.180. The second-order valence-electron chi connectivity index (χ2n) is 3.59. The lowest BCUT2D eigenvalue weighted by Crippen LogP contribution is -2.44. The van der Waals surface area contributed by atoms with Gasteiger partial charge in [-0.15, -0.1) is 0 Å². The number of amides is 1. The van der Waals surface area contributed by atoms with Crippen LogP contribution < -0.4 is 0 Å². The first kappa shape index (κ1) is 11.8. The van der Waals surface area contributed by atoms with Crippen LogP contribution in [0.3, 0.4) is 0 Å². The second kappa shape index (κ2) is 4.75. The molecule has 0 aromatic rings. The highest BCUT2D eigenvalue weighted by atomic mass is 32.1. The Morgan fingerprint density at radius 3 is 2.33 bits per heavy atom. The second-order valence-corrected chi connectivity index (χ2v) is 4.04. The molecule has 0 saturated heterocycles. The van der Waals surface area contributed by atoms with Crippen molar-refractivity contribution in [3.8, 4) is 0 Å². The molecule has 0 heterocycles. The van der Waals surface area contributed by atoms with Crippen molar-refractivity contribution < 1.29 is 4.79 Å². The highest BCUT2D eigenvalue weighted by Crippen LogP contribution is 2.17. The number of hydrogen-bond donors (Lipinski definition) is 1. The van der Waals surface area contributed by atoms with Gasteiger partial charge in [-0.3, -0.25) is 4.79 Å². The topological polar surface area (TPSA) is 20.3 Å². The molecule has 0 rings (SSSR count). The fourth-order valence-electron chi connectivity index (χ4n) is 0.838. The Morgan fingerprint density at radius 1 is 1.50 bits per heavy atom. The van der Waals surface area contributed by atoms with Crippen LogP contribution in [0.1, 0.15) is 33.6 Å². The molecule has 12 heavy (non-hydrogen) atoms. The van der Waals surface area contributed by atoms with Gasteiger partial charge in [0.2, 0.25) is 5.91 Å². The summed E-state index contributed by atoms with van der Waals surface area (Å²) in [5, 5.41) is 0. The number of thiol groups is 1. The first-order valence-corrected chi connectivity index (χ1v) is 4.96. The van der Waals surface area contributed by atoms with Crippen molar-refractivity contribution in [3.63, 3.8) is 0 Å². The van der Waals surface area contributed by atoms with Crippen LogP contribution in [0, 0.1) is 0 Å². The van der Waals surface area contributed by atoms with E-state index in [-0.39, 0.29) is 11.4 Å². The third kappa shape index (κ3) is 3.05. The average Bonchev–Trinajstić information content (AvgIpc) is 2.03. The van der Waals surface area contributed by atoms with E-state index in [0.29, 0.717) is 12.2 Å². The fourth-order valence-corrected chi connectivity index (χ4v) is 1.03. The Labute approximate surface area is 80.7 Å². The maximum Gasteiger partial charge on any atom is 0.223 e. The molecule has 3 heteroatoms. The predicted octanol–water partition coefficient (Wildman–Crippen LogP) is 1.95. The van der Waals surface area contributed by atoms with Crippen LogP contribution in [-0.4, -0.2) is 29.1 Å². The molecule has 0 radical (unpaired) electrons. The molecule has 0 spiro atoms. The van der Waals surface area contributed by atoms with Gasteiger partial charge < -0.3 is 4.90 Å². The Morgan fingerprint density at radius 2 is 2.00 bits per heavy atom. The van der Waals surface area contributed by atoms with Gasteiger partial charge in [-0.05, 0) is 26.0 Å². The molecular formula is C9H19NOS. The third-order valence-electron chi connectivity index (χ3n) is 2.47.